The Morgan fingerprint density at radius 2 is 2.00 bits per heavy atom. The summed E-state index contributed by atoms with van der Waals surface area (Å²) in [6.45, 7) is 8.25. The maximum Gasteiger partial charge on any atom is 0.324 e. The lowest BCUT2D eigenvalue weighted by Gasteiger charge is -2.37. The van der Waals surface area contributed by atoms with Gasteiger partial charge >= 0.3 is 12.0 Å². The third-order valence-electron chi connectivity index (χ3n) is 5.47. The van der Waals surface area contributed by atoms with Crippen molar-refractivity contribution < 1.29 is 14.7 Å². The van der Waals surface area contributed by atoms with E-state index >= 15 is 0 Å². The van der Waals surface area contributed by atoms with Gasteiger partial charge in [-0.1, -0.05) is 37.6 Å². The highest BCUT2D eigenvalue weighted by atomic mass is 35.5. The molecule has 0 aromatic heterocycles. The van der Waals surface area contributed by atoms with Gasteiger partial charge in [0.25, 0.3) is 0 Å². The lowest BCUT2D eigenvalue weighted by atomic mass is 9.92. The lowest BCUT2D eigenvalue weighted by Crippen LogP contribution is -2.53. The summed E-state index contributed by atoms with van der Waals surface area (Å²) >= 11 is 6.17. The lowest BCUT2D eigenvalue weighted by molar-refractivity contribution is -0.140. The largest absolute Gasteiger partial charge is 0.481 e. The van der Waals surface area contributed by atoms with Gasteiger partial charge in [0.1, 0.15) is 0 Å². The quantitative estimate of drug-likeness (QED) is 0.796. The predicted octanol–water partition coefficient (Wildman–Crippen LogP) is 3.21. The highest BCUT2D eigenvalue weighted by Crippen LogP contribution is 2.25. The van der Waals surface area contributed by atoms with Crippen molar-refractivity contribution in [3.05, 3.63) is 41.1 Å². The molecule has 1 saturated heterocycles. The number of carbonyl (C=O) groups excluding carboxylic acids is 1. The van der Waals surface area contributed by atoms with Crippen LogP contribution < -0.4 is 4.90 Å². The number of hydrogen-bond acceptors (Lipinski definition) is 4. The number of carboxylic acids is 1. The van der Waals surface area contributed by atoms with Crippen LogP contribution in [0.5, 0.6) is 0 Å². The fourth-order valence-corrected chi connectivity index (χ4v) is 3.83. The summed E-state index contributed by atoms with van der Waals surface area (Å²) in [5, 5.41) is 9.83. The first-order chi connectivity index (χ1) is 13.9. The Bertz CT molecular complexity index is 818. The van der Waals surface area contributed by atoms with Crippen LogP contribution in [0.2, 0.25) is 5.02 Å². The van der Waals surface area contributed by atoms with E-state index in [1.165, 1.54) is 6.21 Å². The highest BCUT2D eigenvalue weighted by Gasteiger charge is 2.29. The van der Waals surface area contributed by atoms with E-state index in [0.717, 1.165) is 19.6 Å². The number of allylic oxidation sites excluding steroid dienone is 1. The second kappa shape index (κ2) is 9.41. The molecule has 2 aliphatic heterocycles. The SMILES string of the molecule is CCN1CCN(C(=O)N(CC2=CC(C)C(C(=O)O)C=N2)c2cccc(Cl)c2)CC1. The average Bonchev–Trinajstić information content (AvgIpc) is 2.71. The summed E-state index contributed by atoms with van der Waals surface area (Å²) in [7, 11) is 0. The molecular weight excluding hydrogens is 392 g/mol. The number of nitrogens with zero attached hydrogens (tertiary/aromatic N) is 4. The molecule has 2 aliphatic rings. The van der Waals surface area contributed by atoms with E-state index in [-0.39, 0.29) is 18.5 Å². The number of carboxylic acid groups (broad SMARTS) is 1. The minimum absolute atomic E-state index is 0.0906. The van der Waals surface area contributed by atoms with Gasteiger partial charge in [-0.2, -0.15) is 0 Å². The molecular formula is C21H27ClN4O3. The first-order valence-electron chi connectivity index (χ1n) is 9.91. The molecule has 0 spiro atoms. The predicted molar refractivity (Wildman–Crippen MR) is 115 cm³/mol. The van der Waals surface area contributed by atoms with Crippen LogP contribution in [0.25, 0.3) is 0 Å². The molecule has 3 rings (SSSR count). The Hall–Kier alpha value is -2.38. The second-order valence-corrected chi connectivity index (χ2v) is 7.87. The van der Waals surface area contributed by atoms with Crippen LogP contribution in [0.15, 0.2) is 41.0 Å². The molecule has 1 aromatic rings. The Labute approximate surface area is 176 Å². The minimum Gasteiger partial charge on any atom is -0.481 e. The Morgan fingerprint density at radius 3 is 2.59 bits per heavy atom. The summed E-state index contributed by atoms with van der Waals surface area (Å²) in [6, 6.07) is 7.10. The molecule has 1 aromatic carbocycles. The number of piperazine rings is 1. The van der Waals surface area contributed by atoms with E-state index in [0.29, 0.717) is 29.5 Å². The van der Waals surface area contributed by atoms with Gasteiger partial charge < -0.3 is 14.9 Å². The first kappa shape index (κ1) is 21.3. The molecule has 2 heterocycles. The summed E-state index contributed by atoms with van der Waals surface area (Å²) < 4.78 is 0. The molecule has 0 radical (unpaired) electrons. The number of hydrogen-bond donors (Lipinski definition) is 1. The average molecular weight is 419 g/mol. The van der Waals surface area contributed by atoms with Crippen molar-refractivity contribution >= 4 is 35.5 Å². The third kappa shape index (κ3) is 5.16. The molecule has 0 saturated carbocycles. The van der Waals surface area contributed by atoms with E-state index in [1.807, 2.05) is 30.0 Å². The fourth-order valence-electron chi connectivity index (χ4n) is 3.65. The van der Waals surface area contributed by atoms with Crippen molar-refractivity contribution in [2.75, 3.05) is 44.2 Å². The number of aliphatic imine (C=N–C) groups is 1. The van der Waals surface area contributed by atoms with E-state index < -0.39 is 11.9 Å². The minimum atomic E-state index is -0.895. The number of carbonyl (C=O) groups is 2. The van der Waals surface area contributed by atoms with Crippen molar-refractivity contribution in [1.29, 1.82) is 0 Å². The van der Waals surface area contributed by atoms with Crippen molar-refractivity contribution in [2.24, 2.45) is 16.8 Å². The van der Waals surface area contributed by atoms with Gasteiger partial charge in [0, 0.05) is 43.1 Å². The molecule has 2 atom stereocenters. The standard InChI is InChI=1S/C21H27ClN4O3/c1-3-24-7-9-25(10-8-24)21(29)26(18-6-4-5-16(22)12-18)14-17-11-15(2)19(13-23-17)20(27)28/h4-6,11-13,15,19H,3,7-10,14H2,1-2H3,(H,27,28). The van der Waals surface area contributed by atoms with Crippen LogP contribution in [0.4, 0.5) is 10.5 Å². The van der Waals surface area contributed by atoms with Crippen molar-refractivity contribution in [3.63, 3.8) is 0 Å². The van der Waals surface area contributed by atoms with Crippen molar-refractivity contribution in [1.82, 2.24) is 9.80 Å². The Kier molecular flexibility index (Phi) is 6.92. The van der Waals surface area contributed by atoms with Gasteiger partial charge in [-0.15, -0.1) is 0 Å². The molecule has 1 N–H and O–H groups in total. The van der Waals surface area contributed by atoms with E-state index in [9.17, 15) is 14.7 Å². The number of urea groups is 1. The zero-order chi connectivity index (χ0) is 21.0. The van der Waals surface area contributed by atoms with E-state index in [2.05, 4.69) is 16.8 Å². The smallest absolute Gasteiger partial charge is 0.324 e. The van der Waals surface area contributed by atoms with Gasteiger partial charge in [-0.05, 0) is 30.7 Å². The summed E-state index contributed by atoms with van der Waals surface area (Å²) in [6.07, 6.45) is 3.29. The van der Waals surface area contributed by atoms with Gasteiger partial charge in [-0.3, -0.25) is 14.7 Å². The zero-order valence-electron chi connectivity index (χ0n) is 16.8. The van der Waals surface area contributed by atoms with Crippen LogP contribution in [-0.2, 0) is 4.79 Å². The maximum atomic E-state index is 13.3. The molecule has 7 nitrogen and oxygen atoms in total. The van der Waals surface area contributed by atoms with Crippen LogP contribution in [-0.4, -0.2) is 72.4 Å². The molecule has 2 amide bonds. The van der Waals surface area contributed by atoms with Crippen molar-refractivity contribution in [3.8, 4) is 0 Å². The Morgan fingerprint density at radius 1 is 1.28 bits per heavy atom. The van der Waals surface area contributed by atoms with E-state index in [1.54, 1.807) is 17.0 Å². The topological polar surface area (TPSA) is 76.5 Å². The summed E-state index contributed by atoms with van der Waals surface area (Å²) in [4.78, 5) is 34.8. The van der Waals surface area contributed by atoms with Gasteiger partial charge in [0.2, 0.25) is 0 Å². The molecule has 29 heavy (non-hydrogen) atoms. The zero-order valence-corrected chi connectivity index (χ0v) is 17.5. The summed E-state index contributed by atoms with van der Waals surface area (Å²) in [5.41, 5.74) is 1.38. The summed E-state index contributed by atoms with van der Waals surface area (Å²) in [5.74, 6) is -1.73. The molecule has 0 aliphatic carbocycles. The van der Waals surface area contributed by atoms with Crippen LogP contribution in [0, 0.1) is 11.8 Å². The van der Waals surface area contributed by atoms with Gasteiger partial charge in [0.15, 0.2) is 0 Å². The van der Waals surface area contributed by atoms with Crippen LogP contribution in [0.1, 0.15) is 13.8 Å². The number of rotatable bonds is 5. The molecule has 1 fully saturated rings. The molecule has 0 bridgehead atoms. The Balaban J connectivity index is 1.81. The number of anilines is 1. The maximum absolute atomic E-state index is 13.3. The van der Waals surface area contributed by atoms with E-state index in [4.69, 9.17) is 11.6 Å². The number of amides is 2. The number of halogens is 1. The van der Waals surface area contributed by atoms with Gasteiger partial charge in [-0.25, -0.2) is 4.79 Å². The monoisotopic (exact) mass is 418 g/mol. The normalized spacial score (nSPS) is 22.3. The van der Waals surface area contributed by atoms with Crippen LogP contribution >= 0.6 is 11.6 Å². The van der Waals surface area contributed by atoms with Crippen LogP contribution in [0.3, 0.4) is 0 Å². The highest BCUT2D eigenvalue weighted by molar-refractivity contribution is 6.30. The molecule has 8 heteroatoms. The number of aliphatic carboxylic acids is 1. The second-order valence-electron chi connectivity index (χ2n) is 7.43. The van der Waals surface area contributed by atoms with Crippen molar-refractivity contribution in [2.45, 2.75) is 13.8 Å². The third-order valence-corrected chi connectivity index (χ3v) is 5.70. The molecule has 156 valence electrons. The van der Waals surface area contributed by atoms with Gasteiger partial charge in [0.05, 0.1) is 18.2 Å². The number of benzene rings is 1. The molecule has 2 unspecified atom stereocenters. The first-order valence-corrected chi connectivity index (χ1v) is 10.3. The fraction of sp³-hybridized carbons (Fsp3) is 0.476. The number of likely N-dealkylation sites (N-methyl/N-ethyl adjacent to an activating group) is 1.